The van der Waals surface area contributed by atoms with Crippen molar-refractivity contribution in [1.82, 2.24) is 9.97 Å². The van der Waals surface area contributed by atoms with Crippen molar-refractivity contribution in [3.63, 3.8) is 0 Å². The van der Waals surface area contributed by atoms with E-state index in [1.807, 2.05) is 0 Å². The van der Waals surface area contributed by atoms with Crippen molar-refractivity contribution < 1.29 is 29.3 Å². The van der Waals surface area contributed by atoms with Crippen molar-refractivity contribution in [3.8, 4) is 5.75 Å². The molecule has 2 aliphatic rings. The van der Waals surface area contributed by atoms with Crippen LogP contribution in [0.3, 0.4) is 0 Å². The molecule has 6 N–H and O–H groups in total. The van der Waals surface area contributed by atoms with E-state index < -0.39 is 23.9 Å². The van der Waals surface area contributed by atoms with Crippen LogP contribution in [0.4, 0.5) is 23.0 Å². The lowest BCUT2D eigenvalue weighted by Gasteiger charge is -2.32. The average molecular weight is 639 g/mol. The summed E-state index contributed by atoms with van der Waals surface area (Å²) in [6.07, 6.45) is 3.33. The third kappa shape index (κ3) is 5.84. The Bertz CT molecular complexity index is 2070. The van der Waals surface area contributed by atoms with Gasteiger partial charge in [0.1, 0.15) is 30.5 Å². The standard InChI is InChI=1S/C33H30N6O8/c1-17-23(31(43)34-29-27(17)25(41)14-38(36-29)20-8-6-19(7-9-20)33(45)46)4-3-5-24-18(2)28-26(42)15-39(37-30(28)35-32(24)44)21-10-12-22(13-11-21)47-16-40/h3,5-13,40H,4,14-16H2,1-2H3,(H,45,46)(H2,34,36,43)(H2,35,37,44). The first-order valence-corrected chi connectivity index (χ1v) is 14.6. The summed E-state index contributed by atoms with van der Waals surface area (Å²) in [6, 6.07) is 12.7. The van der Waals surface area contributed by atoms with Crippen molar-refractivity contribution in [3.05, 3.63) is 114 Å². The third-order valence-corrected chi connectivity index (χ3v) is 8.17. The summed E-state index contributed by atoms with van der Waals surface area (Å²) in [4.78, 5) is 69.4. The maximum absolute atomic E-state index is 13.2. The zero-order chi connectivity index (χ0) is 33.4. The number of hydrazine groups is 2. The molecule has 0 saturated carbocycles. The fraction of sp³-hybridized carbons (Fsp3) is 0.182. The van der Waals surface area contributed by atoms with Crippen molar-refractivity contribution in [2.24, 2.45) is 0 Å². The monoisotopic (exact) mass is 638 g/mol. The number of aromatic amines is 2. The number of pyridine rings is 2. The van der Waals surface area contributed by atoms with Crippen LogP contribution in [0, 0.1) is 13.8 Å². The van der Waals surface area contributed by atoms with Crippen molar-refractivity contribution in [1.29, 1.82) is 0 Å². The van der Waals surface area contributed by atoms with Gasteiger partial charge in [0.2, 0.25) is 0 Å². The second-order valence-corrected chi connectivity index (χ2v) is 11.0. The van der Waals surface area contributed by atoms with Gasteiger partial charge in [0.25, 0.3) is 11.1 Å². The number of ketones is 2. The number of H-pyrrole nitrogens is 2. The first kappa shape index (κ1) is 30.9. The minimum atomic E-state index is -1.07. The van der Waals surface area contributed by atoms with Gasteiger partial charge < -0.3 is 24.9 Å². The van der Waals surface area contributed by atoms with Gasteiger partial charge >= 0.3 is 5.97 Å². The lowest BCUT2D eigenvalue weighted by molar-refractivity contribution is 0.0696. The molecule has 4 heterocycles. The fourth-order valence-electron chi connectivity index (χ4n) is 5.79. The molecule has 0 spiro atoms. The van der Waals surface area contributed by atoms with E-state index in [4.69, 9.17) is 14.9 Å². The Kier molecular flexibility index (Phi) is 8.09. The van der Waals surface area contributed by atoms with E-state index in [2.05, 4.69) is 20.8 Å². The number of aromatic nitrogens is 2. The summed E-state index contributed by atoms with van der Waals surface area (Å²) in [6.45, 7) is 2.87. The van der Waals surface area contributed by atoms with Crippen LogP contribution in [-0.2, 0) is 6.42 Å². The van der Waals surface area contributed by atoms with E-state index in [1.54, 1.807) is 67.4 Å². The number of carboxylic acid groups (broad SMARTS) is 1. The number of aliphatic hydroxyl groups excluding tert-OH is 1. The zero-order valence-corrected chi connectivity index (χ0v) is 25.3. The van der Waals surface area contributed by atoms with E-state index >= 15 is 0 Å². The molecular formula is C33H30N6O8. The predicted octanol–water partition coefficient (Wildman–Crippen LogP) is 3.02. The van der Waals surface area contributed by atoms with Crippen LogP contribution in [0.25, 0.3) is 6.08 Å². The SMILES string of the molecule is Cc1c2c([nH]c(=O)c1C=CCc1c(C)c3c([nH]c1=O)NN(c1ccc(C(=O)O)cc1)CC3=O)NN(c1ccc(OCO)cc1)CC2=O. The molecule has 0 amide bonds. The molecule has 2 aromatic heterocycles. The molecule has 14 nitrogen and oxygen atoms in total. The van der Waals surface area contributed by atoms with Gasteiger partial charge in [-0.2, -0.15) is 0 Å². The Balaban J connectivity index is 1.21. The number of rotatable bonds is 8. The summed E-state index contributed by atoms with van der Waals surface area (Å²) < 4.78 is 5.04. The Hall–Kier alpha value is -6.15. The second-order valence-electron chi connectivity index (χ2n) is 11.0. The van der Waals surface area contributed by atoms with Gasteiger partial charge in [0.05, 0.1) is 28.1 Å². The smallest absolute Gasteiger partial charge is 0.335 e. The molecule has 6 rings (SSSR count). The maximum atomic E-state index is 13.2. The molecular weight excluding hydrogens is 608 g/mol. The van der Waals surface area contributed by atoms with E-state index in [-0.39, 0.29) is 53.8 Å². The minimum absolute atomic E-state index is 0.0000748. The van der Waals surface area contributed by atoms with E-state index in [0.717, 1.165) is 0 Å². The van der Waals surface area contributed by atoms with Gasteiger partial charge in [-0.3, -0.25) is 40.0 Å². The topological polar surface area (TPSA) is 197 Å². The molecule has 0 radical (unpaired) electrons. The number of nitrogens with zero attached hydrogens (tertiary/aromatic N) is 2. The van der Waals surface area contributed by atoms with Crippen LogP contribution in [0.2, 0.25) is 0 Å². The maximum Gasteiger partial charge on any atom is 0.335 e. The number of fused-ring (bicyclic) bond motifs is 2. The van der Waals surface area contributed by atoms with Crippen LogP contribution in [-0.4, -0.2) is 57.6 Å². The van der Waals surface area contributed by atoms with Crippen LogP contribution in [0.1, 0.15) is 53.3 Å². The Labute approximate surface area is 266 Å². The predicted molar refractivity (Wildman–Crippen MR) is 174 cm³/mol. The van der Waals surface area contributed by atoms with Gasteiger partial charge in [-0.05, 0) is 79.9 Å². The van der Waals surface area contributed by atoms with Gasteiger partial charge in [-0.25, -0.2) is 4.79 Å². The number of aliphatic hydroxyl groups is 1. The molecule has 0 aliphatic carbocycles. The zero-order valence-electron chi connectivity index (χ0n) is 25.3. The highest BCUT2D eigenvalue weighted by Gasteiger charge is 2.29. The summed E-state index contributed by atoms with van der Waals surface area (Å²) >= 11 is 0. The molecule has 2 aliphatic heterocycles. The normalized spacial score (nSPS) is 14.0. The van der Waals surface area contributed by atoms with Gasteiger partial charge in [0, 0.05) is 11.1 Å². The molecule has 47 heavy (non-hydrogen) atoms. The van der Waals surface area contributed by atoms with E-state index in [9.17, 15) is 24.0 Å². The van der Waals surface area contributed by atoms with E-state index in [1.165, 1.54) is 17.1 Å². The van der Waals surface area contributed by atoms with Crippen LogP contribution in [0.5, 0.6) is 5.75 Å². The number of anilines is 4. The molecule has 0 unspecified atom stereocenters. The fourth-order valence-corrected chi connectivity index (χ4v) is 5.79. The number of hydrogen-bond donors (Lipinski definition) is 6. The van der Waals surface area contributed by atoms with Crippen LogP contribution in [0.15, 0.2) is 64.2 Å². The number of carboxylic acids is 1. The quantitative estimate of drug-likeness (QED) is 0.155. The number of ether oxygens (including phenoxy) is 1. The molecule has 240 valence electrons. The minimum Gasteiger partial charge on any atom is -0.478 e. The van der Waals surface area contributed by atoms with Crippen LogP contribution < -0.4 is 36.7 Å². The first-order chi connectivity index (χ1) is 22.5. The molecule has 0 bridgehead atoms. The number of allylic oxidation sites excluding steroid dienone is 1. The molecule has 0 fully saturated rings. The summed E-state index contributed by atoms with van der Waals surface area (Å²) in [5.74, 6) is -0.560. The Morgan fingerprint density at radius 1 is 0.809 bits per heavy atom. The highest BCUT2D eigenvalue weighted by atomic mass is 16.6. The summed E-state index contributed by atoms with van der Waals surface area (Å²) in [7, 11) is 0. The molecule has 0 saturated heterocycles. The first-order valence-electron chi connectivity index (χ1n) is 14.6. The average Bonchev–Trinajstić information content (AvgIpc) is 3.03. The largest absolute Gasteiger partial charge is 0.478 e. The lowest BCUT2D eigenvalue weighted by atomic mass is 9.96. The highest BCUT2D eigenvalue weighted by molar-refractivity contribution is 6.08. The number of benzene rings is 2. The van der Waals surface area contributed by atoms with Crippen molar-refractivity contribution in [2.45, 2.75) is 20.3 Å². The number of carbonyl (C=O) groups is 3. The second kappa shape index (κ2) is 12.3. The van der Waals surface area contributed by atoms with Gasteiger partial charge in [-0.15, -0.1) is 0 Å². The van der Waals surface area contributed by atoms with Crippen molar-refractivity contribution in [2.75, 3.05) is 40.8 Å². The summed E-state index contributed by atoms with van der Waals surface area (Å²) in [5, 5.41) is 21.2. The molecule has 2 aromatic carbocycles. The lowest BCUT2D eigenvalue weighted by Crippen LogP contribution is -2.42. The Morgan fingerprint density at radius 3 is 1.89 bits per heavy atom. The summed E-state index contributed by atoms with van der Waals surface area (Å²) in [5.41, 5.74) is 8.88. The Morgan fingerprint density at radius 2 is 1.34 bits per heavy atom. The number of hydrogen-bond acceptors (Lipinski definition) is 11. The number of carbonyl (C=O) groups excluding carboxylic acids is 2. The number of nitrogens with one attached hydrogen (secondary N) is 4. The third-order valence-electron chi connectivity index (χ3n) is 8.17. The van der Waals surface area contributed by atoms with E-state index in [0.29, 0.717) is 44.9 Å². The highest BCUT2D eigenvalue weighted by Crippen LogP contribution is 2.29. The molecule has 4 aromatic rings. The van der Waals surface area contributed by atoms with Crippen molar-refractivity contribution >= 4 is 46.6 Å². The number of Topliss-reactive ketones (excluding diaryl/α,β-unsaturated/α-hetero) is 2. The van der Waals surface area contributed by atoms with Gasteiger partial charge in [0.15, 0.2) is 18.4 Å². The van der Waals surface area contributed by atoms with Gasteiger partial charge in [-0.1, -0.05) is 12.2 Å². The van der Waals surface area contributed by atoms with Crippen LogP contribution >= 0.6 is 0 Å². The molecule has 14 heteroatoms. The number of aromatic carboxylic acids is 1. The molecule has 0 atom stereocenters.